The molecule has 1 atom stereocenters. The minimum atomic E-state index is 0.247. The number of halogens is 1. The second-order valence-corrected chi connectivity index (χ2v) is 7.13. The van der Waals surface area contributed by atoms with Crippen molar-refractivity contribution in [3.05, 3.63) is 34.3 Å². The van der Waals surface area contributed by atoms with E-state index in [0.29, 0.717) is 6.42 Å². The molecule has 1 saturated heterocycles. The van der Waals surface area contributed by atoms with E-state index in [1.165, 1.54) is 19.5 Å². The van der Waals surface area contributed by atoms with Gasteiger partial charge in [-0.15, -0.1) is 0 Å². The number of ketones is 1. The van der Waals surface area contributed by atoms with Gasteiger partial charge >= 0.3 is 0 Å². The number of rotatable bonds is 7. The van der Waals surface area contributed by atoms with Gasteiger partial charge in [0.15, 0.2) is 5.78 Å². The molecule has 1 heterocycles. The summed E-state index contributed by atoms with van der Waals surface area (Å²) in [5.41, 5.74) is 0.818. The molecule has 0 aromatic heterocycles. The molecule has 0 bridgehead atoms. The van der Waals surface area contributed by atoms with Crippen LogP contribution in [0.2, 0.25) is 0 Å². The molecule has 3 nitrogen and oxygen atoms in total. The first kappa shape index (κ1) is 16.7. The van der Waals surface area contributed by atoms with Gasteiger partial charge < -0.3 is 9.80 Å². The van der Waals surface area contributed by atoms with Crippen molar-refractivity contribution >= 4 is 21.7 Å². The number of likely N-dealkylation sites (tertiary alicyclic amines) is 1. The van der Waals surface area contributed by atoms with E-state index in [-0.39, 0.29) is 5.78 Å². The molecule has 1 unspecified atom stereocenters. The van der Waals surface area contributed by atoms with Crippen LogP contribution in [0.4, 0.5) is 0 Å². The molecule has 1 aromatic rings. The number of carbonyl (C=O) groups excluding carboxylic acids is 1. The van der Waals surface area contributed by atoms with Crippen LogP contribution in [0.5, 0.6) is 0 Å². The molecular formula is C17H25BrN2O. The monoisotopic (exact) mass is 352 g/mol. The first-order valence-corrected chi connectivity index (χ1v) is 8.50. The van der Waals surface area contributed by atoms with Crippen molar-refractivity contribution in [1.82, 2.24) is 9.80 Å². The van der Waals surface area contributed by atoms with E-state index in [2.05, 4.69) is 39.8 Å². The summed E-state index contributed by atoms with van der Waals surface area (Å²) < 4.78 is 1.01. The van der Waals surface area contributed by atoms with Gasteiger partial charge in [0.05, 0.1) is 0 Å². The molecule has 0 amide bonds. The summed E-state index contributed by atoms with van der Waals surface area (Å²) in [5.74, 6) is 1.04. The Labute approximate surface area is 136 Å². The second kappa shape index (κ2) is 8.06. The lowest BCUT2D eigenvalue weighted by atomic mass is 10.1. The van der Waals surface area contributed by atoms with Gasteiger partial charge in [0.1, 0.15) is 0 Å². The normalized spacial score (nSPS) is 19.3. The maximum Gasteiger partial charge on any atom is 0.162 e. The van der Waals surface area contributed by atoms with E-state index in [4.69, 9.17) is 0 Å². The molecule has 21 heavy (non-hydrogen) atoms. The summed E-state index contributed by atoms with van der Waals surface area (Å²) in [4.78, 5) is 16.9. The zero-order valence-corrected chi connectivity index (χ0v) is 14.6. The topological polar surface area (TPSA) is 23.6 Å². The largest absolute Gasteiger partial charge is 0.306 e. The summed E-state index contributed by atoms with van der Waals surface area (Å²) in [7, 11) is 4.36. The number of hydrogen-bond acceptors (Lipinski definition) is 3. The Morgan fingerprint density at radius 1 is 1.38 bits per heavy atom. The van der Waals surface area contributed by atoms with E-state index in [9.17, 15) is 4.79 Å². The Morgan fingerprint density at radius 3 is 2.71 bits per heavy atom. The van der Waals surface area contributed by atoms with Crippen LogP contribution in [0.3, 0.4) is 0 Å². The molecule has 4 heteroatoms. The number of Topliss-reactive ketones (excluding diaryl/α,β-unsaturated/α-hetero) is 1. The number of hydrogen-bond donors (Lipinski definition) is 0. The SMILES string of the molecule is CN(CCCC(=O)c1ccc(Br)cc1)CC1CCN(C)C1. The third-order valence-corrected chi connectivity index (χ3v) is 4.70. The molecule has 1 aliphatic rings. The summed E-state index contributed by atoms with van der Waals surface area (Å²) in [6.45, 7) is 4.59. The van der Waals surface area contributed by atoms with E-state index in [1.54, 1.807) is 0 Å². The van der Waals surface area contributed by atoms with E-state index < -0.39 is 0 Å². The summed E-state index contributed by atoms with van der Waals surface area (Å²) in [5, 5.41) is 0. The smallest absolute Gasteiger partial charge is 0.162 e. The fourth-order valence-electron chi connectivity index (χ4n) is 3.00. The summed E-state index contributed by atoms with van der Waals surface area (Å²) in [6, 6.07) is 7.64. The third kappa shape index (κ3) is 5.53. The predicted octanol–water partition coefficient (Wildman–Crippen LogP) is 3.30. The standard InChI is InChI=1S/C17H25BrN2O/c1-19(12-14-9-11-20(2)13-14)10-3-4-17(21)15-5-7-16(18)8-6-15/h5-8,14H,3-4,9-13H2,1-2H3. The maximum absolute atomic E-state index is 12.1. The fourth-order valence-corrected chi connectivity index (χ4v) is 3.26. The average Bonchev–Trinajstić information content (AvgIpc) is 2.84. The van der Waals surface area contributed by atoms with Crippen LogP contribution in [-0.2, 0) is 0 Å². The quantitative estimate of drug-likeness (QED) is 0.703. The molecule has 0 radical (unpaired) electrons. The predicted molar refractivity (Wildman–Crippen MR) is 90.8 cm³/mol. The highest BCUT2D eigenvalue weighted by Gasteiger charge is 2.20. The molecule has 0 N–H and O–H groups in total. The van der Waals surface area contributed by atoms with Crippen molar-refractivity contribution in [2.45, 2.75) is 19.3 Å². The first-order chi connectivity index (χ1) is 10.0. The highest BCUT2D eigenvalue weighted by Crippen LogP contribution is 2.16. The van der Waals surface area contributed by atoms with E-state index >= 15 is 0 Å². The van der Waals surface area contributed by atoms with Crippen molar-refractivity contribution in [1.29, 1.82) is 0 Å². The van der Waals surface area contributed by atoms with Crippen LogP contribution in [0.1, 0.15) is 29.6 Å². The molecule has 0 saturated carbocycles. The van der Waals surface area contributed by atoms with Gasteiger partial charge in [-0.1, -0.05) is 28.1 Å². The van der Waals surface area contributed by atoms with Crippen LogP contribution in [0, 0.1) is 5.92 Å². The van der Waals surface area contributed by atoms with E-state index in [1.807, 2.05) is 24.3 Å². The zero-order valence-electron chi connectivity index (χ0n) is 13.0. The van der Waals surface area contributed by atoms with Gasteiger partial charge in [0, 0.05) is 29.5 Å². The lowest BCUT2D eigenvalue weighted by Crippen LogP contribution is -2.28. The zero-order chi connectivity index (χ0) is 15.2. The van der Waals surface area contributed by atoms with Gasteiger partial charge in [-0.25, -0.2) is 0 Å². The Hall–Kier alpha value is -0.710. The molecule has 1 aromatic carbocycles. The van der Waals surface area contributed by atoms with Crippen LogP contribution >= 0.6 is 15.9 Å². The van der Waals surface area contributed by atoms with Crippen molar-refractivity contribution < 1.29 is 4.79 Å². The lowest BCUT2D eigenvalue weighted by molar-refractivity contribution is 0.0975. The fraction of sp³-hybridized carbons (Fsp3) is 0.588. The maximum atomic E-state index is 12.1. The molecular weight excluding hydrogens is 328 g/mol. The van der Waals surface area contributed by atoms with Crippen LogP contribution in [-0.4, -0.2) is 55.9 Å². The summed E-state index contributed by atoms with van der Waals surface area (Å²) in [6.07, 6.45) is 2.88. The van der Waals surface area contributed by atoms with Crippen LogP contribution in [0.15, 0.2) is 28.7 Å². The Morgan fingerprint density at radius 2 is 2.10 bits per heavy atom. The molecule has 1 aliphatic heterocycles. The van der Waals surface area contributed by atoms with Gasteiger partial charge in [-0.05, 0) is 58.1 Å². The first-order valence-electron chi connectivity index (χ1n) is 7.70. The van der Waals surface area contributed by atoms with Gasteiger partial charge in [-0.3, -0.25) is 4.79 Å². The van der Waals surface area contributed by atoms with Crippen molar-refractivity contribution in [3.8, 4) is 0 Å². The molecule has 116 valence electrons. The summed E-state index contributed by atoms with van der Waals surface area (Å²) >= 11 is 3.39. The van der Waals surface area contributed by atoms with Crippen LogP contribution < -0.4 is 0 Å². The highest BCUT2D eigenvalue weighted by atomic mass is 79.9. The minimum absolute atomic E-state index is 0.247. The third-order valence-electron chi connectivity index (χ3n) is 4.17. The molecule has 0 spiro atoms. The Bertz CT molecular complexity index is 460. The number of benzene rings is 1. The minimum Gasteiger partial charge on any atom is -0.306 e. The lowest BCUT2D eigenvalue weighted by Gasteiger charge is -2.20. The van der Waals surface area contributed by atoms with Gasteiger partial charge in [0.2, 0.25) is 0 Å². The second-order valence-electron chi connectivity index (χ2n) is 6.21. The number of carbonyl (C=O) groups is 1. The van der Waals surface area contributed by atoms with Gasteiger partial charge in [-0.2, -0.15) is 0 Å². The molecule has 1 fully saturated rings. The average molecular weight is 353 g/mol. The molecule has 2 rings (SSSR count). The van der Waals surface area contributed by atoms with Crippen LogP contribution in [0.25, 0.3) is 0 Å². The van der Waals surface area contributed by atoms with Crippen molar-refractivity contribution in [2.24, 2.45) is 5.92 Å². The Balaban J connectivity index is 1.66. The highest BCUT2D eigenvalue weighted by molar-refractivity contribution is 9.10. The van der Waals surface area contributed by atoms with Crippen molar-refractivity contribution in [2.75, 3.05) is 40.3 Å². The van der Waals surface area contributed by atoms with Gasteiger partial charge in [0.25, 0.3) is 0 Å². The number of nitrogens with zero attached hydrogens (tertiary/aromatic N) is 2. The van der Waals surface area contributed by atoms with E-state index in [0.717, 1.165) is 35.5 Å². The van der Waals surface area contributed by atoms with Crippen molar-refractivity contribution in [3.63, 3.8) is 0 Å². The Kier molecular flexibility index (Phi) is 6.40. The molecule has 0 aliphatic carbocycles.